The first-order chi connectivity index (χ1) is 4.16. The van der Waals surface area contributed by atoms with Crippen molar-refractivity contribution in [2.24, 2.45) is 0 Å². The van der Waals surface area contributed by atoms with Crippen LogP contribution in [0.4, 0.5) is 0 Å². The van der Waals surface area contributed by atoms with E-state index in [1.54, 1.807) is 0 Å². The second kappa shape index (κ2) is 5.34. The number of hydrogen-bond donors (Lipinski definition) is 0. The molecule has 1 unspecified atom stereocenters. The van der Waals surface area contributed by atoms with Gasteiger partial charge < -0.3 is 9.90 Å². The Morgan fingerprint density at radius 1 is 1.89 bits per heavy atom. The Morgan fingerprint density at radius 3 is 2.78 bits per heavy atom. The molecule has 0 rings (SSSR count). The molecule has 54 valence electrons. The predicted molar refractivity (Wildman–Crippen MR) is 45.6 cm³/mol. The smallest absolute Gasteiger partial charge is 0.0565 e. The van der Waals surface area contributed by atoms with Gasteiger partial charge in [0, 0.05) is 5.75 Å². The topological polar surface area (TPSA) is 40.1 Å². The lowest BCUT2D eigenvalue weighted by Gasteiger charge is -2.05. The number of alkyl halides is 1. The second-order valence-corrected chi connectivity index (χ2v) is 5.04. The summed E-state index contributed by atoms with van der Waals surface area (Å²) < 4.78 is 0.403. The number of carboxylic acid groups (broad SMARTS) is 1. The van der Waals surface area contributed by atoms with Crippen molar-refractivity contribution in [3.05, 3.63) is 0 Å². The lowest BCUT2D eigenvalue weighted by Crippen LogP contribution is -2.24. The Labute approximate surface area is 72.5 Å². The van der Waals surface area contributed by atoms with E-state index in [1.165, 1.54) is 11.8 Å². The highest BCUT2D eigenvalue weighted by Gasteiger charge is 1.98. The van der Waals surface area contributed by atoms with Gasteiger partial charge in [-0.2, -0.15) is 0 Å². The molecule has 0 fully saturated rings. The zero-order valence-electron chi connectivity index (χ0n) is 5.09. The van der Waals surface area contributed by atoms with E-state index in [9.17, 15) is 9.90 Å². The van der Waals surface area contributed by atoms with E-state index in [1.807, 2.05) is 6.92 Å². The van der Waals surface area contributed by atoms with Gasteiger partial charge in [-0.3, -0.25) is 0 Å². The van der Waals surface area contributed by atoms with Gasteiger partial charge in [0.05, 0.1) is 9.23 Å². The highest BCUT2D eigenvalue weighted by molar-refractivity contribution is 14.1. The summed E-state index contributed by atoms with van der Waals surface area (Å²) in [5, 5.41) is 9.88. The van der Waals surface area contributed by atoms with Gasteiger partial charge in [-0.05, 0) is 6.42 Å². The zero-order chi connectivity index (χ0) is 7.28. The van der Waals surface area contributed by atoms with E-state index in [4.69, 9.17) is 0 Å². The average molecular weight is 259 g/mol. The van der Waals surface area contributed by atoms with Gasteiger partial charge in [-0.25, -0.2) is 0 Å². The van der Waals surface area contributed by atoms with Crippen molar-refractivity contribution in [3.8, 4) is 0 Å². The normalized spacial score (nSPS) is 13.1. The maximum atomic E-state index is 9.88. The molecule has 1 atom stereocenters. The minimum atomic E-state index is -0.977. The molecule has 0 aromatic heterocycles. The molecule has 4 heteroatoms. The van der Waals surface area contributed by atoms with Crippen LogP contribution in [0, 0.1) is 0 Å². The third kappa shape index (κ3) is 6.44. The lowest BCUT2D eigenvalue weighted by atomic mass is 10.6. The number of carboxylic acids is 1. The molecule has 0 bridgehead atoms. The monoisotopic (exact) mass is 259 g/mol. The fourth-order valence-corrected chi connectivity index (χ4v) is 1.37. The quantitative estimate of drug-likeness (QED) is 0.549. The summed E-state index contributed by atoms with van der Waals surface area (Å²) in [5.74, 6) is -0.864. The zero-order valence-corrected chi connectivity index (χ0v) is 8.07. The average Bonchev–Trinajstić information content (AvgIpc) is 1.83. The predicted octanol–water partition coefficient (Wildman–Crippen LogP) is 0.641. The summed E-state index contributed by atoms with van der Waals surface area (Å²) in [6.45, 7) is 2.03. The van der Waals surface area contributed by atoms with E-state index >= 15 is 0 Å². The highest BCUT2D eigenvalue weighted by atomic mass is 127. The summed E-state index contributed by atoms with van der Waals surface area (Å²) in [6.07, 6.45) is 0.999. The Kier molecular flexibility index (Phi) is 5.67. The van der Waals surface area contributed by atoms with E-state index in [-0.39, 0.29) is 5.75 Å². The Morgan fingerprint density at radius 2 is 2.44 bits per heavy atom. The summed E-state index contributed by atoms with van der Waals surface area (Å²) in [7, 11) is 0. The van der Waals surface area contributed by atoms with Gasteiger partial charge in [-0.1, -0.05) is 29.5 Å². The van der Waals surface area contributed by atoms with Crippen molar-refractivity contribution in [2.75, 3.05) is 5.75 Å². The number of rotatable bonds is 4. The fraction of sp³-hybridized carbons (Fsp3) is 0.800. The molecule has 0 aliphatic rings. The summed E-state index contributed by atoms with van der Waals surface area (Å²) in [6, 6.07) is 0. The van der Waals surface area contributed by atoms with Gasteiger partial charge >= 0.3 is 0 Å². The molecule has 0 saturated carbocycles. The van der Waals surface area contributed by atoms with E-state index < -0.39 is 5.97 Å². The van der Waals surface area contributed by atoms with Crippen LogP contribution in [0.5, 0.6) is 0 Å². The molecule has 0 aromatic carbocycles. The van der Waals surface area contributed by atoms with Crippen molar-refractivity contribution in [1.29, 1.82) is 0 Å². The molecular formula is C5H8IO2S-. The minimum absolute atomic E-state index is 0.113. The fourth-order valence-electron chi connectivity index (χ4n) is 0.276. The summed E-state index contributed by atoms with van der Waals surface area (Å²) in [4.78, 5) is 9.88. The van der Waals surface area contributed by atoms with Crippen molar-refractivity contribution in [1.82, 2.24) is 0 Å². The molecule has 9 heavy (non-hydrogen) atoms. The van der Waals surface area contributed by atoms with E-state index in [2.05, 4.69) is 22.6 Å². The van der Waals surface area contributed by atoms with E-state index in [0.29, 0.717) is 3.26 Å². The van der Waals surface area contributed by atoms with Crippen LogP contribution in [0.15, 0.2) is 0 Å². The number of carbonyl (C=O) groups excluding carboxylic acids is 1. The van der Waals surface area contributed by atoms with Crippen LogP contribution >= 0.6 is 34.4 Å². The molecule has 0 aliphatic heterocycles. The van der Waals surface area contributed by atoms with Crippen molar-refractivity contribution < 1.29 is 9.90 Å². The largest absolute Gasteiger partial charge is 0.549 e. The molecule has 0 aliphatic carbocycles. The molecule has 0 heterocycles. The van der Waals surface area contributed by atoms with Gasteiger partial charge in [0.25, 0.3) is 0 Å². The van der Waals surface area contributed by atoms with Crippen molar-refractivity contribution in [3.63, 3.8) is 0 Å². The number of halogens is 1. The van der Waals surface area contributed by atoms with Crippen LogP contribution in [0.2, 0.25) is 0 Å². The van der Waals surface area contributed by atoms with Crippen LogP contribution in [0.1, 0.15) is 13.3 Å². The van der Waals surface area contributed by atoms with Crippen LogP contribution in [0.3, 0.4) is 0 Å². The maximum Gasteiger partial charge on any atom is 0.0565 e. The first-order valence-electron chi connectivity index (χ1n) is 2.62. The second-order valence-electron chi connectivity index (χ2n) is 1.50. The van der Waals surface area contributed by atoms with Gasteiger partial charge in [0.2, 0.25) is 0 Å². The van der Waals surface area contributed by atoms with Crippen LogP contribution in [-0.2, 0) is 4.79 Å². The summed E-state index contributed by atoms with van der Waals surface area (Å²) in [5.41, 5.74) is 0. The highest BCUT2D eigenvalue weighted by Crippen LogP contribution is 2.19. The molecule has 0 aromatic rings. The van der Waals surface area contributed by atoms with Crippen LogP contribution in [0.25, 0.3) is 0 Å². The number of carbonyl (C=O) groups is 1. The van der Waals surface area contributed by atoms with Gasteiger partial charge in [0.15, 0.2) is 0 Å². The third-order valence-electron chi connectivity index (χ3n) is 0.703. The van der Waals surface area contributed by atoms with Crippen molar-refractivity contribution in [2.45, 2.75) is 16.6 Å². The van der Waals surface area contributed by atoms with E-state index in [0.717, 1.165) is 6.42 Å². The maximum absolute atomic E-state index is 9.88. The first kappa shape index (κ1) is 9.55. The van der Waals surface area contributed by atoms with Crippen LogP contribution < -0.4 is 5.11 Å². The van der Waals surface area contributed by atoms with Crippen molar-refractivity contribution >= 4 is 40.3 Å². The Bertz CT molecular complexity index is 97.0. The summed E-state index contributed by atoms with van der Waals surface area (Å²) >= 11 is 3.62. The van der Waals surface area contributed by atoms with Gasteiger partial charge in [0.1, 0.15) is 0 Å². The number of hydrogen-bond acceptors (Lipinski definition) is 3. The molecule has 2 nitrogen and oxygen atoms in total. The molecule has 0 spiro atoms. The number of aliphatic carboxylic acids is 1. The first-order valence-corrected chi connectivity index (χ1v) is 4.91. The minimum Gasteiger partial charge on any atom is -0.549 e. The Balaban J connectivity index is 3.16. The molecule has 0 saturated heterocycles. The molecule has 0 N–H and O–H groups in total. The molecular weight excluding hydrogens is 251 g/mol. The van der Waals surface area contributed by atoms with Crippen LogP contribution in [-0.4, -0.2) is 15.0 Å². The molecule has 0 amide bonds. The Hall–Kier alpha value is 0.550. The molecule has 0 radical (unpaired) electrons. The standard InChI is InChI=1S/C5H9IO2S/c1-2-4(6)9-3-5(7)8/h4H,2-3H2,1H3,(H,7,8)/p-1. The third-order valence-corrected chi connectivity index (χ3v) is 3.76. The number of thioether (sulfide) groups is 1. The lowest BCUT2D eigenvalue weighted by molar-refractivity contribution is -0.301. The SMILES string of the molecule is CCC(I)SCC(=O)[O-]. The van der Waals surface area contributed by atoms with Gasteiger partial charge in [-0.15, -0.1) is 11.8 Å².